The average molecular weight is 168 g/mol. The Morgan fingerprint density at radius 2 is 2.25 bits per heavy atom. The molecule has 0 aromatic carbocycles. The summed E-state index contributed by atoms with van der Waals surface area (Å²) in [6, 6.07) is 0. The highest BCUT2D eigenvalue weighted by atomic mass is 16.2. The molecular weight excluding hydrogens is 152 g/mol. The molecule has 2 rings (SSSR count). The molecule has 0 aromatic heterocycles. The second-order valence-electron chi connectivity index (χ2n) is 4.13. The van der Waals surface area contributed by atoms with Crippen LogP contribution in [-0.2, 0) is 4.79 Å². The summed E-state index contributed by atoms with van der Waals surface area (Å²) in [7, 11) is 2.10. The van der Waals surface area contributed by atoms with Crippen molar-refractivity contribution in [3.63, 3.8) is 0 Å². The van der Waals surface area contributed by atoms with Crippen molar-refractivity contribution in [3.8, 4) is 0 Å². The van der Waals surface area contributed by atoms with E-state index in [1.54, 1.807) is 0 Å². The molecule has 1 saturated heterocycles. The van der Waals surface area contributed by atoms with Crippen LogP contribution in [0.4, 0.5) is 0 Å². The van der Waals surface area contributed by atoms with Crippen LogP contribution in [0.5, 0.6) is 0 Å². The fraction of sp³-hybridized carbons (Fsp3) is 0.889. The summed E-state index contributed by atoms with van der Waals surface area (Å²) in [6.07, 6.45) is 3.40. The van der Waals surface area contributed by atoms with Crippen molar-refractivity contribution >= 4 is 5.91 Å². The number of amides is 1. The number of hydrogen-bond donors (Lipinski definition) is 1. The van der Waals surface area contributed by atoms with Gasteiger partial charge in [0.25, 0.3) is 0 Å². The zero-order valence-electron chi connectivity index (χ0n) is 7.60. The Bertz CT molecular complexity index is 199. The number of rotatable bonds is 0. The fourth-order valence-corrected chi connectivity index (χ4v) is 2.20. The van der Waals surface area contributed by atoms with Crippen LogP contribution in [-0.4, -0.2) is 37.5 Å². The van der Waals surface area contributed by atoms with Gasteiger partial charge in [0.15, 0.2) is 0 Å². The van der Waals surface area contributed by atoms with E-state index in [0.717, 1.165) is 32.5 Å². The van der Waals surface area contributed by atoms with Crippen LogP contribution in [0.2, 0.25) is 0 Å². The third kappa shape index (κ3) is 1.12. The molecule has 1 aliphatic heterocycles. The van der Waals surface area contributed by atoms with Crippen LogP contribution in [0.3, 0.4) is 0 Å². The Morgan fingerprint density at radius 3 is 2.83 bits per heavy atom. The zero-order chi connectivity index (χ0) is 8.60. The van der Waals surface area contributed by atoms with Crippen molar-refractivity contribution < 1.29 is 4.79 Å². The van der Waals surface area contributed by atoms with Crippen molar-refractivity contribution in [2.24, 2.45) is 5.41 Å². The highest BCUT2D eigenvalue weighted by Crippen LogP contribution is 2.42. The maximum atomic E-state index is 11.6. The largest absolute Gasteiger partial charge is 0.354 e. The van der Waals surface area contributed by atoms with Crippen molar-refractivity contribution in [2.75, 3.05) is 26.7 Å². The Hall–Kier alpha value is -0.570. The monoisotopic (exact) mass is 168 g/mol. The summed E-state index contributed by atoms with van der Waals surface area (Å²) in [5.41, 5.74) is -0.00868. The molecule has 3 heteroatoms. The van der Waals surface area contributed by atoms with Crippen LogP contribution in [0.25, 0.3) is 0 Å². The van der Waals surface area contributed by atoms with E-state index in [4.69, 9.17) is 0 Å². The Kier molecular flexibility index (Phi) is 1.83. The molecule has 12 heavy (non-hydrogen) atoms. The predicted octanol–water partition coefficient (Wildman–Crippen LogP) is 0.218. The minimum absolute atomic E-state index is 0.00868. The van der Waals surface area contributed by atoms with Gasteiger partial charge < -0.3 is 10.2 Å². The topological polar surface area (TPSA) is 32.3 Å². The lowest BCUT2D eigenvalue weighted by Crippen LogP contribution is -2.48. The molecule has 1 saturated carbocycles. The molecule has 0 unspecified atom stereocenters. The van der Waals surface area contributed by atoms with Crippen LogP contribution >= 0.6 is 0 Å². The first-order chi connectivity index (χ1) is 5.73. The summed E-state index contributed by atoms with van der Waals surface area (Å²) >= 11 is 0. The quantitative estimate of drug-likeness (QED) is 0.561. The first-order valence-electron chi connectivity index (χ1n) is 4.70. The van der Waals surface area contributed by atoms with E-state index in [-0.39, 0.29) is 11.3 Å². The van der Waals surface area contributed by atoms with Gasteiger partial charge in [-0.3, -0.25) is 4.79 Å². The normalized spacial score (nSPS) is 29.2. The fourth-order valence-electron chi connectivity index (χ4n) is 2.20. The predicted molar refractivity (Wildman–Crippen MR) is 46.8 cm³/mol. The van der Waals surface area contributed by atoms with Crippen LogP contribution < -0.4 is 5.32 Å². The van der Waals surface area contributed by atoms with Crippen molar-refractivity contribution in [1.29, 1.82) is 0 Å². The third-order valence-corrected chi connectivity index (χ3v) is 3.14. The minimum Gasteiger partial charge on any atom is -0.354 e. The summed E-state index contributed by atoms with van der Waals surface area (Å²) < 4.78 is 0. The van der Waals surface area contributed by atoms with E-state index >= 15 is 0 Å². The molecule has 1 amide bonds. The molecule has 3 nitrogen and oxygen atoms in total. The number of carbonyl (C=O) groups excluding carboxylic acids is 1. The molecule has 0 aromatic rings. The standard InChI is InChI=1S/C9H16N2O/c1-11-6-5-10-8(12)9(7-11)3-2-4-9/h2-7H2,1H3,(H,10,12). The van der Waals surface area contributed by atoms with Gasteiger partial charge in [0.2, 0.25) is 5.91 Å². The molecule has 1 spiro atoms. The number of nitrogens with zero attached hydrogens (tertiary/aromatic N) is 1. The second kappa shape index (κ2) is 2.73. The molecule has 1 heterocycles. The van der Waals surface area contributed by atoms with Gasteiger partial charge in [0.1, 0.15) is 0 Å². The first-order valence-corrected chi connectivity index (χ1v) is 4.70. The molecule has 2 aliphatic rings. The third-order valence-electron chi connectivity index (χ3n) is 3.14. The van der Waals surface area contributed by atoms with E-state index in [2.05, 4.69) is 17.3 Å². The molecule has 68 valence electrons. The van der Waals surface area contributed by atoms with E-state index in [0.29, 0.717) is 0 Å². The molecule has 0 bridgehead atoms. The van der Waals surface area contributed by atoms with E-state index in [1.807, 2.05) is 0 Å². The Morgan fingerprint density at radius 1 is 1.50 bits per heavy atom. The number of hydrogen-bond acceptors (Lipinski definition) is 2. The second-order valence-corrected chi connectivity index (χ2v) is 4.13. The Balaban J connectivity index is 2.12. The summed E-state index contributed by atoms with van der Waals surface area (Å²) in [5.74, 6) is 0.290. The summed E-state index contributed by atoms with van der Waals surface area (Å²) in [6.45, 7) is 2.77. The lowest BCUT2D eigenvalue weighted by Gasteiger charge is -2.40. The van der Waals surface area contributed by atoms with Gasteiger partial charge in [-0.15, -0.1) is 0 Å². The molecule has 1 aliphatic carbocycles. The zero-order valence-corrected chi connectivity index (χ0v) is 7.60. The van der Waals surface area contributed by atoms with Crippen LogP contribution in [0.15, 0.2) is 0 Å². The van der Waals surface area contributed by atoms with Crippen LogP contribution in [0.1, 0.15) is 19.3 Å². The minimum atomic E-state index is -0.00868. The van der Waals surface area contributed by atoms with Crippen molar-refractivity contribution in [3.05, 3.63) is 0 Å². The lowest BCUT2D eigenvalue weighted by molar-refractivity contribution is -0.135. The highest BCUT2D eigenvalue weighted by Gasteiger charge is 2.45. The molecule has 1 N–H and O–H groups in total. The first kappa shape index (κ1) is 8.05. The molecule has 2 fully saturated rings. The van der Waals surface area contributed by atoms with Gasteiger partial charge in [-0.1, -0.05) is 6.42 Å². The van der Waals surface area contributed by atoms with Gasteiger partial charge in [0.05, 0.1) is 5.41 Å². The Labute approximate surface area is 73.1 Å². The van der Waals surface area contributed by atoms with Gasteiger partial charge in [-0.2, -0.15) is 0 Å². The SMILES string of the molecule is CN1CCNC(=O)C2(CCC2)C1. The van der Waals surface area contributed by atoms with E-state index in [1.165, 1.54) is 6.42 Å². The number of nitrogens with one attached hydrogen (secondary N) is 1. The van der Waals surface area contributed by atoms with Gasteiger partial charge in [-0.05, 0) is 19.9 Å². The van der Waals surface area contributed by atoms with E-state index in [9.17, 15) is 4.79 Å². The van der Waals surface area contributed by atoms with Crippen LogP contribution in [0, 0.1) is 5.41 Å². The molecule has 0 atom stereocenters. The van der Waals surface area contributed by atoms with Gasteiger partial charge >= 0.3 is 0 Å². The van der Waals surface area contributed by atoms with Crippen molar-refractivity contribution in [1.82, 2.24) is 10.2 Å². The van der Waals surface area contributed by atoms with Gasteiger partial charge in [0, 0.05) is 19.6 Å². The summed E-state index contributed by atoms with van der Waals surface area (Å²) in [5, 5.41) is 2.99. The molecular formula is C9H16N2O. The van der Waals surface area contributed by atoms with Gasteiger partial charge in [-0.25, -0.2) is 0 Å². The number of carbonyl (C=O) groups is 1. The highest BCUT2D eigenvalue weighted by molar-refractivity contribution is 5.84. The number of likely N-dealkylation sites (N-methyl/N-ethyl adjacent to an activating group) is 1. The maximum absolute atomic E-state index is 11.6. The average Bonchev–Trinajstić information content (AvgIpc) is 2.09. The molecule has 0 radical (unpaired) electrons. The lowest BCUT2D eigenvalue weighted by atomic mass is 9.68. The van der Waals surface area contributed by atoms with Crippen molar-refractivity contribution in [2.45, 2.75) is 19.3 Å². The maximum Gasteiger partial charge on any atom is 0.227 e. The smallest absolute Gasteiger partial charge is 0.227 e. The summed E-state index contributed by atoms with van der Waals surface area (Å²) in [4.78, 5) is 13.9. The van der Waals surface area contributed by atoms with E-state index < -0.39 is 0 Å².